The number of carbonyl (C=O) groups excluding carboxylic acids is 1. The lowest BCUT2D eigenvalue weighted by Gasteiger charge is -2.43. The number of rotatable bonds is 8. The van der Waals surface area contributed by atoms with Gasteiger partial charge in [0, 0.05) is 36.0 Å². The van der Waals surface area contributed by atoms with Crippen molar-refractivity contribution >= 4 is 28.3 Å². The van der Waals surface area contributed by atoms with Crippen LogP contribution in [0.1, 0.15) is 25.3 Å². The van der Waals surface area contributed by atoms with Gasteiger partial charge in [-0.1, -0.05) is 30.3 Å². The van der Waals surface area contributed by atoms with Crippen LogP contribution in [0.25, 0.3) is 27.7 Å². The lowest BCUT2D eigenvalue weighted by atomic mass is 9.81. The first-order chi connectivity index (χ1) is 19.1. The predicted molar refractivity (Wildman–Crippen MR) is 149 cm³/mol. The zero-order valence-corrected chi connectivity index (χ0v) is 21.8. The summed E-state index contributed by atoms with van der Waals surface area (Å²) in [5.41, 5.74) is 4.35. The highest BCUT2D eigenvalue weighted by Crippen LogP contribution is 2.34. The van der Waals surface area contributed by atoms with Crippen LogP contribution in [-0.4, -0.2) is 67.7 Å². The molecule has 0 bridgehead atoms. The second-order valence-electron chi connectivity index (χ2n) is 9.99. The molecular weight excluding hydrogens is 494 g/mol. The van der Waals surface area contributed by atoms with Crippen LogP contribution in [-0.2, 0) is 11.2 Å². The number of nitrogens with one attached hydrogen (secondary N) is 2. The van der Waals surface area contributed by atoms with Gasteiger partial charge < -0.3 is 20.1 Å². The minimum absolute atomic E-state index is 0.339. The molecule has 4 aromatic heterocycles. The van der Waals surface area contributed by atoms with Crippen molar-refractivity contribution in [3.05, 3.63) is 72.7 Å². The Labute approximate surface area is 225 Å². The zero-order valence-electron chi connectivity index (χ0n) is 21.8. The summed E-state index contributed by atoms with van der Waals surface area (Å²) in [4.78, 5) is 19.3. The molecule has 10 nitrogen and oxygen atoms in total. The first-order valence-electron chi connectivity index (χ1n) is 13.2. The molecule has 39 heavy (non-hydrogen) atoms. The van der Waals surface area contributed by atoms with Gasteiger partial charge in [0.2, 0.25) is 5.91 Å². The van der Waals surface area contributed by atoms with E-state index in [1.54, 1.807) is 6.20 Å². The van der Waals surface area contributed by atoms with Gasteiger partial charge in [0.25, 0.3) is 0 Å². The third-order valence-corrected chi connectivity index (χ3v) is 7.45. The van der Waals surface area contributed by atoms with Crippen LogP contribution in [0.15, 0.2) is 67.1 Å². The molecule has 10 heteroatoms. The lowest BCUT2D eigenvalue weighted by molar-refractivity contribution is -0.126. The highest BCUT2D eigenvalue weighted by Gasteiger charge is 2.36. The van der Waals surface area contributed by atoms with E-state index in [1.165, 1.54) is 5.56 Å². The number of ether oxygens (including phenoxy) is 1. The largest absolute Gasteiger partial charge is 0.492 e. The Morgan fingerprint density at radius 3 is 2.69 bits per heavy atom. The summed E-state index contributed by atoms with van der Waals surface area (Å²) in [5, 5.41) is 25.1. The summed E-state index contributed by atoms with van der Waals surface area (Å²) in [7, 11) is 0. The molecule has 5 heterocycles. The van der Waals surface area contributed by atoms with E-state index in [2.05, 4.69) is 43.7 Å². The summed E-state index contributed by atoms with van der Waals surface area (Å²) < 4.78 is 7.63. The number of carbonyl (C=O) groups is 1. The van der Waals surface area contributed by atoms with E-state index >= 15 is 0 Å². The standard InChI is InChI=1S/C29H31N7O3/c1-2-39-22-14-23(27-24-17-31-33-28(24)34-36(27)18-22)21-8-9-25(30-16-21)35-12-10-29(11-13-35,32-26(38)19-37)15-20-6-4-3-5-7-20/h3-9,14,16-18,37H,2,10-13,15,19H2,1H3,(H,32,38)(H,33,34). The molecule has 1 saturated heterocycles. The number of nitrogens with zero attached hydrogens (tertiary/aromatic N) is 5. The number of hydrogen-bond donors (Lipinski definition) is 3. The van der Waals surface area contributed by atoms with Crippen LogP contribution in [0.5, 0.6) is 5.75 Å². The molecule has 0 unspecified atom stereocenters. The Bertz CT molecular complexity index is 1590. The Morgan fingerprint density at radius 1 is 1.15 bits per heavy atom. The molecule has 6 rings (SSSR count). The summed E-state index contributed by atoms with van der Waals surface area (Å²) in [5.74, 6) is 1.28. The molecule has 0 aliphatic carbocycles. The zero-order chi connectivity index (χ0) is 26.8. The second kappa shape index (κ2) is 10.4. The number of aliphatic hydroxyl groups is 1. The Balaban J connectivity index is 1.25. The van der Waals surface area contributed by atoms with Crippen molar-refractivity contribution in [3.8, 4) is 16.9 Å². The van der Waals surface area contributed by atoms with Crippen molar-refractivity contribution in [2.24, 2.45) is 0 Å². The number of pyridine rings is 2. The molecule has 200 valence electrons. The SMILES string of the molecule is CCOc1cc(-c2ccc(N3CCC(Cc4ccccc4)(NC(=O)CO)CC3)nc2)c2c3cn[nH]c3nn2c1. The van der Waals surface area contributed by atoms with Crippen molar-refractivity contribution in [3.63, 3.8) is 0 Å². The van der Waals surface area contributed by atoms with Gasteiger partial charge in [-0.3, -0.25) is 9.89 Å². The van der Waals surface area contributed by atoms with Gasteiger partial charge in [-0.15, -0.1) is 5.10 Å². The van der Waals surface area contributed by atoms with Gasteiger partial charge >= 0.3 is 0 Å². The number of H-pyrrole nitrogens is 1. The number of aromatic nitrogens is 5. The van der Waals surface area contributed by atoms with Crippen LogP contribution in [0.2, 0.25) is 0 Å². The molecular formula is C29H31N7O3. The Hall–Kier alpha value is -4.44. The maximum Gasteiger partial charge on any atom is 0.246 e. The number of benzene rings is 1. The molecule has 0 spiro atoms. The monoisotopic (exact) mass is 525 g/mol. The first-order valence-corrected chi connectivity index (χ1v) is 13.2. The first kappa shape index (κ1) is 24.9. The number of fused-ring (bicyclic) bond motifs is 3. The lowest BCUT2D eigenvalue weighted by Crippen LogP contribution is -2.57. The third kappa shape index (κ3) is 4.90. The van der Waals surface area contributed by atoms with Crippen LogP contribution in [0.3, 0.4) is 0 Å². The number of aliphatic hydroxyl groups excluding tert-OH is 1. The Morgan fingerprint density at radius 2 is 1.97 bits per heavy atom. The molecule has 1 aromatic carbocycles. The summed E-state index contributed by atoms with van der Waals surface area (Å²) in [6.45, 7) is 3.49. The number of aromatic amines is 1. The number of hydrogen-bond acceptors (Lipinski definition) is 7. The molecule has 0 saturated carbocycles. The van der Waals surface area contributed by atoms with Gasteiger partial charge in [-0.05, 0) is 49.9 Å². The summed E-state index contributed by atoms with van der Waals surface area (Å²) >= 11 is 0. The van der Waals surface area contributed by atoms with Crippen LogP contribution in [0.4, 0.5) is 5.82 Å². The van der Waals surface area contributed by atoms with E-state index in [9.17, 15) is 9.90 Å². The highest BCUT2D eigenvalue weighted by molar-refractivity contribution is 6.00. The third-order valence-electron chi connectivity index (χ3n) is 7.45. The topological polar surface area (TPSA) is 121 Å². The fourth-order valence-corrected chi connectivity index (χ4v) is 5.57. The van der Waals surface area contributed by atoms with Gasteiger partial charge in [0.15, 0.2) is 5.65 Å². The minimum atomic E-state index is -0.511. The minimum Gasteiger partial charge on any atom is -0.492 e. The average molecular weight is 526 g/mol. The number of piperidine rings is 1. The fraction of sp³-hybridized carbons (Fsp3) is 0.310. The summed E-state index contributed by atoms with van der Waals surface area (Å²) in [6, 6.07) is 16.3. The molecule has 1 amide bonds. The smallest absolute Gasteiger partial charge is 0.246 e. The highest BCUT2D eigenvalue weighted by atomic mass is 16.5. The van der Waals surface area contributed by atoms with Crippen LogP contribution < -0.4 is 15.0 Å². The van der Waals surface area contributed by atoms with Gasteiger partial charge in [-0.2, -0.15) is 5.10 Å². The van der Waals surface area contributed by atoms with E-state index in [-0.39, 0.29) is 5.91 Å². The quantitative estimate of drug-likeness (QED) is 0.284. The molecule has 0 atom stereocenters. The molecule has 5 aromatic rings. The van der Waals surface area contributed by atoms with E-state index in [0.29, 0.717) is 6.61 Å². The number of amides is 1. The Kier molecular flexibility index (Phi) is 6.62. The van der Waals surface area contributed by atoms with E-state index < -0.39 is 12.1 Å². The summed E-state index contributed by atoms with van der Waals surface area (Å²) in [6.07, 6.45) is 7.78. The second-order valence-corrected chi connectivity index (χ2v) is 9.99. The van der Waals surface area contributed by atoms with Crippen molar-refractivity contribution < 1.29 is 14.6 Å². The van der Waals surface area contributed by atoms with Gasteiger partial charge in [0.05, 0.1) is 29.9 Å². The predicted octanol–water partition coefficient (Wildman–Crippen LogP) is 3.36. The van der Waals surface area contributed by atoms with Gasteiger partial charge in [-0.25, -0.2) is 9.50 Å². The van der Waals surface area contributed by atoms with Crippen molar-refractivity contribution in [2.75, 3.05) is 31.2 Å². The maximum atomic E-state index is 12.2. The molecule has 1 aliphatic heterocycles. The van der Waals surface area contributed by atoms with E-state index in [1.807, 2.05) is 54.2 Å². The normalized spacial score (nSPS) is 15.1. The average Bonchev–Trinajstić information content (AvgIpc) is 3.55. The molecule has 1 fully saturated rings. The van der Waals surface area contributed by atoms with E-state index in [4.69, 9.17) is 9.72 Å². The number of anilines is 1. The van der Waals surface area contributed by atoms with Crippen molar-refractivity contribution in [1.29, 1.82) is 0 Å². The molecule has 1 aliphatic rings. The maximum absolute atomic E-state index is 12.2. The van der Waals surface area contributed by atoms with Crippen LogP contribution in [0, 0.1) is 0 Å². The van der Waals surface area contributed by atoms with Crippen molar-refractivity contribution in [1.82, 2.24) is 30.1 Å². The van der Waals surface area contributed by atoms with Crippen LogP contribution >= 0.6 is 0 Å². The van der Waals surface area contributed by atoms with Gasteiger partial charge in [0.1, 0.15) is 18.2 Å². The molecule has 3 N–H and O–H groups in total. The van der Waals surface area contributed by atoms with E-state index in [0.717, 1.165) is 71.6 Å². The fourth-order valence-electron chi connectivity index (χ4n) is 5.57. The molecule has 0 radical (unpaired) electrons. The van der Waals surface area contributed by atoms with Crippen molar-refractivity contribution in [2.45, 2.75) is 31.7 Å².